The summed E-state index contributed by atoms with van der Waals surface area (Å²) in [6.07, 6.45) is 0.961. The molecule has 3 aromatic rings. The van der Waals surface area contributed by atoms with Gasteiger partial charge < -0.3 is 14.0 Å². The Morgan fingerprint density at radius 2 is 1.79 bits per heavy atom. The number of aromatic nitrogens is 1. The third kappa shape index (κ3) is 3.27. The monoisotopic (exact) mass is 378 g/mol. The third-order valence-electron chi connectivity index (χ3n) is 5.63. The van der Waals surface area contributed by atoms with E-state index in [4.69, 9.17) is 14.0 Å². The Bertz CT molecular complexity index is 946. The highest BCUT2D eigenvalue weighted by atomic mass is 16.5. The first kappa shape index (κ1) is 18.6. The van der Waals surface area contributed by atoms with Crippen molar-refractivity contribution in [2.45, 2.75) is 32.9 Å². The molecule has 5 nitrogen and oxygen atoms in total. The highest BCUT2D eigenvalue weighted by molar-refractivity contribution is 5.51. The topological polar surface area (TPSA) is 47.7 Å². The van der Waals surface area contributed by atoms with Crippen molar-refractivity contribution in [1.82, 2.24) is 10.1 Å². The van der Waals surface area contributed by atoms with Crippen LogP contribution in [0.5, 0.6) is 11.5 Å². The maximum Gasteiger partial charge on any atom is 0.161 e. The highest BCUT2D eigenvalue weighted by Crippen LogP contribution is 2.41. The van der Waals surface area contributed by atoms with Crippen LogP contribution in [0.2, 0.25) is 0 Å². The van der Waals surface area contributed by atoms with Crippen LogP contribution in [-0.2, 0) is 13.0 Å². The molecule has 1 unspecified atom stereocenters. The summed E-state index contributed by atoms with van der Waals surface area (Å²) in [6, 6.07) is 15.0. The Balaban J connectivity index is 1.81. The van der Waals surface area contributed by atoms with Crippen molar-refractivity contribution in [2.75, 3.05) is 20.8 Å². The summed E-state index contributed by atoms with van der Waals surface area (Å²) < 4.78 is 16.5. The Morgan fingerprint density at radius 1 is 1.07 bits per heavy atom. The van der Waals surface area contributed by atoms with Crippen molar-refractivity contribution in [2.24, 2.45) is 0 Å². The SMILES string of the molecule is COc1cc2c(cc1OC)C(c1ccccc1)N(Cc1c(C)noc1C)CC2. The van der Waals surface area contributed by atoms with Crippen LogP contribution < -0.4 is 9.47 Å². The standard InChI is InChI=1S/C23H26N2O3/c1-15-20(16(2)28-24-15)14-25-11-10-18-12-21(26-3)22(27-4)13-19(18)23(25)17-8-6-5-7-9-17/h5-9,12-13,23H,10-11,14H2,1-4H3. The summed E-state index contributed by atoms with van der Waals surface area (Å²) in [7, 11) is 3.37. The van der Waals surface area contributed by atoms with E-state index in [0.29, 0.717) is 0 Å². The van der Waals surface area contributed by atoms with Gasteiger partial charge in [0.05, 0.1) is 26.0 Å². The molecule has 0 bridgehead atoms. The van der Waals surface area contributed by atoms with Crippen molar-refractivity contribution in [1.29, 1.82) is 0 Å². The number of nitrogens with zero attached hydrogens (tertiary/aromatic N) is 2. The van der Waals surface area contributed by atoms with Gasteiger partial charge in [-0.2, -0.15) is 0 Å². The van der Waals surface area contributed by atoms with Gasteiger partial charge in [0, 0.05) is 18.7 Å². The molecular formula is C23H26N2O3. The average molecular weight is 378 g/mol. The summed E-state index contributed by atoms with van der Waals surface area (Å²) in [6.45, 7) is 5.74. The lowest BCUT2D eigenvalue weighted by molar-refractivity contribution is 0.202. The van der Waals surface area contributed by atoms with Gasteiger partial charge in [0.15, 0.2) is 11.5 Å². The van der Waals surface area contributed by atoms with E-state index in [9.17, 15) is 0 Å². The molecule has 4 rings (SSSR count). The van der Waals surface area contributed by atoms with Crippen LogP contribution >= 0.6 is 0 Å². The average Bonchev–Trinajstić information content (AvgIpc) is 3.05. The number of aryl methyl sites for hydroxylation is 2. The lowest BCUT2D eigenvalue weighted by Gasteiger charge is -2.38. The van der Waals surface area contributed by atoms with Gasteiger partial charge in [-0.15, -0.1) is 0 Å². The second-order valence-corrected chi connectivity index (χ2v) is 7.24. The number of rotatable bonds is 5. The third-order valence-corrected chi connectivity index (χ3v) is 5.63. The van der Waals surface area contributed by atoms with E-state index in [1.807, 2.05) is 13.8 Å². The Hall–Kier alpha value is -2.79. The molecular weight excluding hydrogens is 352 g/mol. The maximum atomic E-state index is 5.60. The van der Waals surface area contributed by atoms with Gasteiger partial charge in [0.1, 0.15) is 5.76 Å². The molecule has 1 aliphatic heterocycles. The molecule has 2 heterocycles. The first-order valence-corrected chi connectivity index (χ1v) is 9.58. The molecule has 0 aliphatic carbocycles. The van der Waals surface area contributed by atoms with E-state index < -0.39 is 0 Å². The van der Waals surface area contributed by atoms with Crippen LogP contribution in [0.4, 0.5) is 0 Å². The van der Waals surface area contributed by atoms with Crippen molar-refractivity contribution in [3.8, 4) is 11.5 Å². The molecule has 0 saturated carbocycles. The predicted octanol–water partition coefficient (Wildman–Crippen LogP) is 4.46. The van der Waals surface area contributed by atoms with E-state index >= 15 is 0 Å². The molecule has 146 valence electrons. The van der Waals surface area contributed by atoms with E-state index in [0.717, 1.165) is 42.5 Å². The molecule has 0 N–H and O–H groups in total. The molecule has 28 heavy (non-hydrogen) atoms. The molecule has 1 aromatic heterocycles. The minimum atomic E-state index is 0.137. The lowest BCUT2D eigenvalue weighted by Crippen LogP contribution is -2.36. The summed E-state index contributed by atoms with van der Waals surface area (Å²) in [5.74, 6) is 2.44. The minimum absolute atomic E-state index is 0.137. The van der Waals surface area contributed by atoms with E-state index in [2.05, 4.69) is 52.5 Å². The summed E-state index contributed by atoms with van der Waals surface area (Å²) >= 11 is 0. The minimum Gasteiger partial charge on any atom is -0.493 e. The lowest BCUT2D eigenvalue weighted by atomic mass is 9.87. The van der Waals surface area contributed by atoms with Crippen LogP contribution in [0, 0.1) is 13.8 Å². The predicted molar refractivity (Wildman–Crippen MR) is 108 cm³/mol. The Morgan fingerprint density at radius 3 is 2.43 bits per heavy atom. The second-order valence-electron chi connectivity index (χ2n) is 7.24. The molecule has 1 atom stereocenters. The zero-order valence-corrected chi connectivity index (χ0v) is 16.9. The van der Waals surface area contributed by atoms with Crippen molar-refractivity contribution in [3.05, 3.63) is 76.2 Å². The van der Waals surface area contributed by atoms with E-state index in [1.54, 1.807) is 14.2 Å². The van der Waals surface area contributed by atoms with Gasteiger partial charge in [0.2, 0.25) is 0 Å². The van der Waals surface area contributed by atoms with E-state index in [-0.39, 0.29) is 6.04 Å². The van der Waals surface area contributed by atoms with Crippen LogP contribution in [0.25, 0.3) is 0 Å². The number of hydrogen-bond acceptors (Lipinski definition) is 5. The van der Waals surface area contributed by atoms with Crippen LogP contribution in [0.15, 0.2) is 47.0 Å². The van der Waals surface area contributed by atoms with Crippen LogP contribution in [-0.4, -0.2) is 30.8 Å². The molecule has 0 fully saturated rings. The van der Waals surface area contributed by atoms with Crippen molar-refractivity contribution >= 4 is 0 Å². The second kappa shape index (κ2) is 7.68. The molecule has 1 aliphatic rings. The van der Waals surface area contributed by atoms with Gasteiger partial charge in [-0.1, -0.05) is 35.5 Å². The van der Waals surface area contributed by atoms with Gasteiger partial charge in [-0.25, -0.2) is 0 Å². The first-order valence-electron chi connectivity index (χ1n) is 9.58. The summed E-state index contributed by atoms with van der Waals surface area (Å²) in [4.78, 5) is 2.50. The zero-order chi connectivity index (χ0) is 19.7. The molecule has 0 amide bonds. The normalized spacial score (nSPS) is 16.6. The fourth-order valence-electron chi connectivity index (χ4n) is 4.12. The van der Waals surface area contributed by atoms with Crippen LogP contribution in [0.3, 0.4) is 0 Å². The highest BCUT2D eigenvalue weighted by Gasteiger charge is 2.31. The number of methoxy groups -OCH3 is 2. The number of benzene rings is 2. The molecule has 2 aromatic carbocycles. The summed E-state index contributed by atoms with van der Waals surface area (Å²) in [5.41, 5.74) is 5.97. The Kier molecular flexibility index (Phi) is 5.09. The van der Waals surface area contributed by atoms with Gasteiger partial charge >= 0.3 is 0 Å². The van der Waals surface area contributed by atoms with Crippen molar-refractivity contribution in [3.63, 3.8) is 0 Å². The van der Waals surface area contributed by atoms with Gasteiger partial charge in [-0.05, 0) is 49.1 Å². The van der Waals surface area contributed by atoms with Crippen molar-refractivity contribution < 1.29 is 14.0 Å². The molecule has 0 saturated heterocycles. The Labute approximate surface area is 165 Å². The largest absolute Gasteiger partial charge is 0.493 e. The molecule has 5 heteroatoms. The molecule has 0 radical (unpaired) electrons. The fourth-order valence-corrected chi connectivity index (χ4v) is 4.12. The number of fused-ring (bicyclic) bond motifs is 1. The maximum absolute atomic E-state index is 5.60. The van der Waals surface area contributed by atoms with Gasteiger partial charge in [0.25, 0.3) is 0 Å². The summed E-state index contributed by atoms with van der Waals surface area (Å²) in [5, 5.41) is 4.14. The first-order chi connectivity index (χ1) is 13.6. The van der Waals surface area contributed by atoms with Crippen LogP contribution in [0.1, 0.15) is 39.7 Å². The van der Waals surface area contributed by atoms with E-state index in [1.165, 1.54) is 22.3 Å². The smallest absolute Gasteiger partial charge is 0.161 e. The fraction of sp³-hybridized carbons (Fsp3) is 0.348. The molecule has 0 spiro atoms. The zero-order valence-electron chi connectivity index (χ0n) is 16.9. The quantitative estimate of drug-likeness (QED) is 0.656. The number of hydrogen-bond donors (Lipinski definition) is 0. The van der Waals surface area contributed by atoms with Gasteiger partial charge in [-0.3, -0.25) is 4.90 Å². The number of ether oxygens (including phenoxy) is 2.